The van der Waals surface area contributed by atoms with Gasteiger partial charge in [0.1, 0.15) is 11.5 Å². The van der Waals surface area contributed by atoms with E-state index in [0.29, 0.717) is 20.4 Å². The Morgan fingerprint density at radius 1 is 0.774 bits per heavy atom. The second kappa shape index (κ2) is 11.1. The highest BCUT2D eigenvalue weighted by Gasteiger charge is 2.17. The summed E-state index contributed by atoms with van der Waals surface area (Å²) in [7, 11) is 0. The van der Waals surface area contributed by atoms with Crippen molar-refractivity contribution < 1.29 is 23.7 Å². The Labute approximate surface area is 209 Å². The standard InChI is InChI=1S/C18H12Br4N4O5/c19-9-1-3-13(11(21)5-9)29-7-15(27)23-17-18(26-31-25-17)24-16(28)8-30-14-4-2-10(20)6-12(14)22/h1-6H,7-8H2,(H,23,25,27)(H,24,26,28). The van der Waals surface area contributed by atoms with Crippen LogP contribution in [0.5, 0.6) is 11.5 Å². The third kappa shape index (κ3) is 7.02. The summed E-state index contributed by atoms with van der Waals surface area (Å²) in [6.07, 6.45) is 0. The van der Waals surface area contributed by atoms with Crippen LogP contribution in [0.25, 0.3) is 0 Å². The Bertz CT molecular complexity index is 1020. The fraction of sp³-hybridized carbons (Fsp3) is 0.111. The van der Waals surface area contributed by atoms with Gasteiger partial charge in [0.15, 0.2) is 13.2 Å². The second-order valence-corrected chi connectivity index (χ2v) is 9.32. The van der Waals surface area contributed by atoms with Crippen molar-refractivity contribution in [2.45, 2.75) is 0 Å². The summed E-state index contributed by atoms with van der Waals surface area (Å²) in [4.78, 5) is 24.3. The third-order valence-electron chi connectivity index (χ3n) is 3.51. The second-order valence-electron chi connectivity index (χ2n) is 5.78. The number of benzene rings is 2. The molecule has 3 rings (SSSR count). The van der Waals surface area contributed by atoms with Gasteiger partial charge in [-0.1, -0.05) is 31.9 Å². The van der Waals surface area contributed by atoms with Gasteiger partial charge in [-0.3, -0.25) is 9.59 Å². The minimum absolute atomic E-state index is 0.0540. The zero-order chi connectivity index (χ0) is 22.4. The van der Waals surface area contributed by atoms with E-state index in [4.69, 9.17) is 9.47 Å². The molecule has 0 unspecified atom stereocenters. The van der Waals surface area contributed by atoms with Crippen molar-refractivity contribution >= 4 is 87.2 Å². The molecule has 2 amide bonds. The van der Waals surface area contributed by atoms with Crippen LogP contribution in [0.15, 0.2) is 58.9 Å². The van der Waals surface area contributed by atoms with Crippen molar-refractivity contribution in [2.75, 3.05) is 23.8 Å². The molecule has 13 heteroatoms. The lowest BCUT2D eigenvalue weighted by atomic mass is 10.3. The number of carbonyl (C=O) groups is 2. The van der Waals surface area contributed by atoms with Crippen LogP contribution in [0.3, 0.4) is 0 Å². The molecule has 2 aromatic carbocycles. The predicted molar refractivity (Wildman–Crippen MR) is 126 cm³/mol. The number of anilines is 2. The fourth-order valence-corrected chi connectivity index (χ4v) is 4.48. The maximum atomic E-state index is 12.2. The largest absolute Gasteiger partial charge is 0.483 e. The van der Waals surface area contributed by atoms with Crippen molar-refractivity contribution in [1.29, 1.82) is 0 Å². The van der Waals surface area contributed by atoms with Gasteiger partial charge in [0.05, 0.1) is 8.95 Å². The molecule has 0 aliphatic heterocycles. The minimum Gasteiger partial charge on any atom is -0.483 e. The van der Waals surface area contributed by atoms with Crippen LogP contribution < -0.4 is 20.1 Å². The number of carbonyl (C=O) groups excluding carboxylic acids is 2. The monoisotopic (exact) mass is 680 g/mol. The van der Waals surface area contributed by atoms with Gasteiger partial charge in [-0.05, 0) is 78.6 Å². The van der Waals surface area contributed by atoms with Gasteiger partial charge in [0.25, 0.3) is 11.8 Å². The number of nitrogens with one attached hydrogen (secondary N) is 2. The van der Waals surface area contributed by atoms with Crippen molar-refractivity contribution in [3.8, 4) is 11.5 Å². The van der Waals surface area contributed by atoms with E-state index in [1.807, 2.05) is 0 Å². The molecule has 0 saturated carbocycles. The summed E-state index contributed by atoms with van der Waals surface area (Å²) in [6.45, 7) is -0.581. The molecule has 9 nitrogen and oxygen atoms in total. The molecular formula is C18H12Br4N4O5. The molecule has 162 valence electrons. The first kappa shape index (κ1) is 23.7. The van der Waals surface area contributed by atoms with E-state index >= 15 is 0 Å². The Kier molecular flexibility index (Phi) is 8.46. The summed E-state index contributed by atoms with van der Waals surface area (Å²) < 4.78 is 18.6. The first-order valence-corrected chi connectivity index (χ1v) is 11.6. The van der Waals surface area contributed by atoms with E-state index in [-0.39, 0.29) is 24.8 Å². The third-order valence-corrected chi connectivity index (χ3v) is 5.74. The molecule has 0 fully saturated rings. The highest BCUT2D eigenvalue weighted by Crippen LogP contribution is 2.29. The number of ether oxygens (including phenoxy) is 2. The summed E-state index contributed by atoms with van der Waals surface area (Å²) in [5.74, 6) is -0.168. The summed E-state index contributed by atoms with van der Waals surface area (Å²) in [6, 6.07) is 10.5. The molecule has 0 spiro atoms. The maximum absolute atomic E-state index is 12.2. The molecule has 2 N–H and O–H groups in total. The maximum Gasteiger partial charge on any atom is 0.263 e. The fourth-order valence-electron chi connectivity index (χ4n) is 2.16. The molecule has 0 aliphatic carbocycles. The number of amides is 2. The molecule has 1 heterocycles. The molecule has 0 atom stereocenters. The summed E-state index contributed by atoms with van der Waals surface area (Å²) in [5.41, 5.74) is 0. The van der Waals surface area contributed by atoms with Gasteiger partial charge >= 0.3 is 0 Å². The lowest BCUT2D eigenvalue weighted by Crippen LogP contribution is -2.24. The number of aromatic nitrogens is 2. The lowest BCUT2D eigenvalue weighted by Gasteiger charge is -2.09. The van der Waals surface area contributed by atoms with Gasteiger partial charge in [-0.15, -0.1) is 0 Å². The van der Waals surface area contributed by atoms with Gasteiger partial charge in [0.2, 0.25) is 11.6 Å². The average Bonchev–Trinajstić information content (AvgIpc) is 3.13. The molecule has 1 aromatic heterocycles. The van der Waals surface area contributed by atoms with Crippen molar-refractivity contribution in [3.63, 3.8) is 0 Å². The topological polar surface area (TPSA) is 116 Å². The van der Waals surface area contributed by atoms with Crippen LogP contribution in [-0.2, 0) is 9.59 Å². The SMILES string of the molecule is O=C(COc1ccc(Br)cc1Br)Nc1nonc1NC(=O)COc1ccc(Br)cc1Br. The van der Waals surface area contributed by atoms with Crippen molar-refractivity contribution in [3.05, 3.63) is 54.3 Å². The molecule has 0 bridgehead atoms. The Morgan fingerprint density at radius 2 is 1.19 bits per heavy atom. The van der Waals surface area contributed by atoms with Crippen LogP contribution in [0.1, 0.15) is 0 Å². The van der Waals surface area contributed by atoms with E-state index in [1.54, 1.807) is 36.4 Å². The van der Waals surface area contributed by atoms with Crippen LogP contribution in [0.4, 0.5) is 11.6 Å². The van der Waals surface area contributed by atoms with E-state index in [9.17, 15) is 9.59 Å². The van der Waals surface area contributed by atoms with E-state index < -0.39 is 11.8 Å². The van der Waals surface area contributed by atoms with Gasteiger partial charge < -0.3 is 20.1 Å². The highest BCUT2D eigenvalue weighted by atomic mass is 79.9. The Morgan fingerprint density at radius 3 is 1.58 bits per heavy atom. The molecule has 3 aromatic rings. The Balaban J connectivity index is 1.51. The molecular weight excluding hydrogens is 672 g/mol. The number of nitrogens with zero attached hydrogens (tertiary/aromatic N) is 2. The van der Waals surface area contributed by atoms with Gasteiger partial charge in [0, 0.05) is 8.95 Å². The number of rotatable bonds is 8. The van der Waals surface area contributed by atoms with Crippen LogP contribution in [0, 0.1) is 0 Å². The van der Waals surface area contributed by atoms with Crippen molar-refractivity contribution in [1.82, 2.24) is 10.3 Å². The highest BCUT2D eigenvalue weighted by molar-refractivity contribution is 9.11. The first-order valence-electron chi connectivity index (χ1n) is 8.40. The Hall–Kier alpha value is -1.96. The first-order chi connectivity index (χ1) is 14.8. The van der Waals surface area contributed by atoms with Crippen molar-refractivity contribution in [2.24, 2.45) is 0 Å². The zero-order valence-electron chi connectivity index (χ0n) is 15.3. The molecule has 31 heavy (non-hydrogen) atoms. The predicted octanol–water partition coefficient (Wildman–Crippen LogP) is 5.15. The average molecular weight is 684 g/mol. The smallest absolute Gasteiger partial charge is 0.263 e. The lowest BCUT2D eigenvalue weighted by molar-refractivity contribution is -0.119. The molecule has 0 aliphatic rings. The number of halogens is 4. The van der Waals surface area contributed by atoms with E-state index in [0.717, 1.165) is 8.95 Å². The normalized spacial score (nSPS) is 10.5. The number of hydrogen-bond acceptors (Lipinski definition) is 7. The summed E-state index contributed by atoms with van der Waals surface area (Å²) >= 11 is 13.4. The van der Waals surface area contributed by atoms with Crippen LogP contribution in [-0.4, -0.2) is 35.3 Å². The van der Waals surface area contributed by atoms with E-state index in [1.165, 1.54) is 0 Å². The minimum atomic E-state index is -0.518. The van der Waals surface area contributed by atoms with Crippen LogP contribution in [0.2, 0.25) is 0 Å². The molecule has 0 saturated heterocycles. The van der Waals surface area contributed by atoms with E-state index in [2.05, 4.69) is 89.3 Å². The van der Waals surface area contributed by atoms with Crippen LogP contribution >= 0.6 is 63.7 Å². The van der Waals surface area contributed by atoms with Gasteiger partial charge in [-0.2, -0.15) is 0 Å². The summed E-state index contributed by atoms with van der Waals surface area (Å²) in [5, 5.41) is 12.1. The zero-order valence-corrected chi connectivity index (χ0v) is 21.7. The quantitative estimate of drug-likeness (QED) is 0.337. The van der Waals surface area contributed by atoms with Gasteiger partial charge in [-0.25, -0.2) is 4.63 Å². The molecule has 0 radical (unpaired) electrons. The number of hydrogen-bond donors (Lipinski definition) is 2.